The second-order valence-electron chi connectivity index (χ2n) is 5.10. The Balaban J connectivity index is 1.88. The summed E-state index contributed by atoms with van der Waals surface area (Å²) >= 11 is 0. The summed E-state index contributed by atoms with van der Waals surface area (Å²) in [6, 6.07) is 0.544. The number of aliphatic hydroxyl groups is 1. The number of rotatable bonds is 3. The number of carbonyl (C=O) groups excluding carboxylic acids is 1. The lowest BCUT2D eigenvalue weighted by atomic mass is 9.99. The van der Waals surface area contributed by atoms with E-state index in [4.69, 9.17) is 5.11 Å². The van der Waals surface area contributed by atoms with Gasteiger partial charge in [0.05, 0.1) is 6.61 Å². The Kier molecular flexibility index (Phi) is 3.69. The molecule has 4 heteroatoms. The minimum absolute atomic E-state index is 0.0759. The molecule has 0 bridgehead atoms. The molecule has 0 unspecified atom stereocenters. The maximum Gasteiger partial charge on any atom is 0.320 e. The molecule has 2 aliphatic rings. The summed E-state index contributed by atoms with van der Waals surface area (Å²) in [7, 11) is 0. The van der Waals surface area contributed by atoms with Gasteiger partial charge in [0.15, 0.2) is 0 Å². The number of likely N-dealkylation sites (tertiary alicyclic amines) is 1. The van der Waals surface area contributed by atoms with Crippen molar-refractivity contribution < 1.29 is 9.90 Å². The minimum atomic E-state index is 0.0759. The van der Waals surface area contributed by atoms with E-state index in [-0.39, 0.29) is 12.6 Å². The van der Waals surface area contributed by atoms with E-state index in [2.05, 4.69) is 6.92 Å². The Morgan fingerprint density at radius 1 is 1.31 bits per heavy atom. The van der Waals surface area contributed by atoms with Crippen LogP contribution in [0.1, 0.15) is 32.6 Å². The molecule has 0 radical (unpaired) electrons. The Morgan fingerprint density at radius 3 is 2.44 bits per heavy atom. The summed E-state index contributed by atoms with van der Waals surface area (Å²) in [5.74, 6) is 0.747. The largest absolute Gasteiger partial charge is 0.395 e. The van der Waals surface area contributed by atoms with Crippen LogP contribution in [0.4, 0.5) is 4.79 Å². The molecule has 2 fully saturated rings. The van der Waals surface area contributed by atoms with Gasteiger partial charge in [-0.05, 0) is 31.6 Å². The third-order valence-electron chi connectivity index (χ3n) is 3.63. The van der Waals surface area contributed by atoms with Crippen molar-refractivity contribution in [1.29, 1.82) is 0 Å². The van der Waals surface area contributed by atoms with Gasteiger partial charge < -0.3 is 14.9 Å². The molecule has 0 aromatic carbocycles. The topological polar surface area (TPSA) is 43.8 Å². The quantitative estimate of drug-likeness (QED) is 0.788. The van der Waals surface area contributed by atoms with Crippen LogP contribution in [0.2, 0.25) is 0 Å². The van der Waals surface area contributed by atoms with Gasteiger partial charge >= 0.3 is 6.03 Å². The first-order chi connectivity index (χ1) is 7.72. The highest BCUT2D eigenvalue weighted by atomic mass is 16.3. The zero-order chi connectivity index (χ0) is 11.5. The Morgan fingerprint density at radius 2 is 1.94 bits per heavy atom. The molecule has 1 aliphatic carbocycles. The summed E-state index contributed by atoms with van der Waals surface area (Å²) in [5, 5.41) is 8.99. The summed E-state index contributed by atoms with van der Waals surface area (Å²) in [5.41, 5.74) is 0. The van der Waals surface area contributed by atoms with Gasteiger partial charge in [-0.15, -0.1) is 0 Å². The van der Waals surface area contributed by atoms with Crippen molar-refractivity contribution in [2.45, 2.75) is 38.6 Å². The fraction of sp³-hybridized carbons (Fsp3) is 0.917. The fourth-order valence-electron chi connectivity index (χ4n) is 2.31. The van der Waals surface area contributed by atoms with Crippen LogP contribution >= 0.6 is 0 Å². The van der Waals surface area contributed by atoms with Gasteiger partial charge in [0, 0.05) is 25.7 Å². The van der Waals surface area contributed by atoms with Crippen LogP contribution in [0, 0.1) is 5.92 Å². The molecular formula is C12H22N2O2. The fourth-order valence-corrected chi connectivity index (χ4v) is 2.31. The van der Waals surface area contributed by atoms with Crippen LogP contribution in [0.5, 0.6) is 0 Å². The van der Waals surface area contributed by atoms with E-state index in [0.717, 1.165) is 44.7 Å². The normalized spacial score (nSPS) is 22.2. The summed E-state index contributed by atoms with van der Waals surface area (Å²) < 4.78 is 0. The second kappa shape index (κ2) is 5.04. The number of carbonyl (C=O) groups is 1. The van der Waals surface area contributed by atoms with Crippen molar-refractivity contribution in [3.8, 4) is 0 Å². The van der Waals surface area contributed by atoms with Crippen LogP contribution in [-0.4, -0.2) is 53.2 Å². The van der Waals surface area contributed by atoms with Gasteiger partial charge in [-0.2, -0.15) is 0 Å². The predicted molar refractivity (Wildman–Crippen MR) is 62.2 cm³/mol. The Bertz CT molecular complexity index is 245. The highest BCUT2D eigenvalue weighted by Gasteiger charge is 2.35. The molecular weight excluding hydrogens is 204 g/mol. The number of hydrogen-bond acceptors (Lipinski definition) is 2. The molecule has 1 aliphatic heterocycles. The van der Waals surface area contributed by atoms with Crippen molar-refractivity contribution in [3.63, 3.8) is 0 Å². The third-order valence-corrected chi connectivity index (χ3v) is 3.63. The smallest absolute Gasteiger partial charge is 0.320 e. The summed E-state index contributed by atoms with van der Waals surface area (Å²) in [6.07, 6.45) is 4.44. The van der Waals surface area contributed by atoms with Gasteiger partial charge in [0.2, 0.25) is 0 Å². The predicted octanol–water partition coefficient (Wildman–Crippen LogP) is 1.30. The van der Waals surface area contributed by atoms with Crippen molar-refractivity contribution in [2.75, 3.05) is 26.2 Å². The number of nitrogens with zero attached hydrogens (tertiary/aromatic N) is 2. The molecule has 1 saturated carbocycles. The van der Waals surface area contributed by atoms with Crippen molar-refractivity contribution >= 4 is 6.03 Å². The number of piperidine rings is 1. The second-order valence-corrected chi connectivity index (χ2v) is 5.10. The number of hydrogen-bond donors (Lipinski definition) is 1. The van der Waals surface area contributed by atoms with E-state index in [1.54, 1.807) is 0 Å². The zero-order valence-corrected chi connectivity index (χ0v) is 10.1. The van der Waals surface area contributed by atoms with Gasteiger partial charge in [-0.25, -0.2) is 4.79 Å². The molecule has 0 atom stereocenters. The number of urea groups is 1. The van der Waals surface area contributed by atoms with E-state index in [1.807, 2.05) is 9.80 Å². The summed E-state index contributed by atoms with van der Waals surface area (Å²) in [4.78, 5) is 16.0. The highest BCUT2D eigenvalue weighted by Crippen LogP contribution is 2.28. The van der Waals surface area contributed by atoms with Gasteiger partial charge in [-0.1, -0.05) is 6.92 Å². The van der Waals surface area contributed by atoms with Crippen molar-refractivity contribution in [3.05, 3.63) is 0 Å². The van der Waals surface area contributed by atoms with Crippen LogP contribution in [0.3, 0.4) is 0 Å². The van der Waals surface area contributed by atoms with Crippen LogP contribution in [0.15, 0.2) is 0 Å². The summed E-state index contributed by atoms with van der Waals surface area (Å²) in [6.45, 7) is 4.58. The van der Waals surface area contributed by atoms with Crippen LogP contribution in [-0.2, 0) is 0 Å². The number of aliphatic hydroxyl groups excluding tert-OH is 1. The molecule has 2 rings (SSSR count). The molecule has 1 heterocycles. The lowest BCUT2D eigenvalue weighted by Gasteiger charge is -2.34. The average molecular weight is 226 g/mol. The molecule has 1 saturated heterocycles. The molecule has 0 aromatic rings. The van der Waals surface area contributed by atoms with Crippen molar-refractivity contribution in [1.82, 2.24) is 9.80 Å². The molecule has 2 amide bonds. The molecule has 16 heavy (non-hydrogen) atoms. The van der Waals surface area contributed by atoms with Crippen LogP contribution < -0.4 is 0 Å². The van der Waals surface area contributed by atoms with Gasteiger partial charge in [0.25, 0.3) is 0 Å². The Hall–Kier alpha value is -0.770. The van der Waals surface area contributed by atoms with E-state index >= 15 is 0 Å². The standard InChI is InChI=1S/C12H22N2O2/c1-10-4-6-13(7-5-10)12(16)14(8-9-15)11-2-3-11/h10-11,15H,2-9H2,1H3. The molecule has 4 nitrogen and oxygen atoms in total. The SMILES string of the molecule is CC1CCN(C(=O)N(CCO)C2CC2)CC1. The zero-order valence-electron chi connectivity index (χ0n) is 10.1. The van der Waals surface area contributed by atoms with E-state index in [9.17, 15) is 4.79 Å². The van der Waals surface area contributed by atoms with Gasteiger partial charge in [0.1, 0.15) is 0 Å². The third kappa shape index (κ3) is 2.67. The molecule has 0 spiro atoms. The average Bonchev–Trinajstić information content (AvgIpc) is 3.10. The van der Waals surface area contributed by atoms with Gasteiger partial charge in [-0.3, -0.25) is 0 Å². The monoisotopic (exact) mass is 226 g/mol. The van der Waals surface area contributed by atoms with E-state index in [1.165, 1.54) is 0 Å². The highest BCUT2D eigenvalue weighted by molar-refractivity contribution is 5.75. The van der Waals surface area contributed by atoms with Crippen LogP contribution in [0.25, 0.3) is 0 Å². The minimum Gasteiger partial charge on any atom is -0.395 e. The maximum absolute atomic E-state index is 12.2. The molecule has 0 aromatic heterocycles. The Labute approximate surface area is 97.2 Å². The van der Waals surface area contributed by atoms with E-state index in [0.29, 0.717) is 12.6 Å². The number of amides is 2. The molecule has 92 valence electrons. The van der Waals surface area contributed by atoms with Crippen molar-refractivity contribution in [2.24, 2.45) is 5.92 Å². The van der Waals surface area contributed by atoms with E-state index < -0.39 is 0 Å². The first-order valence-corrected chi connectivity index (χ1v) is 6.38. The lowest BCUT2D eigenvalue weighted by molar-refractivity contribution is 0.121. The first-order valence-electron chi connectivity index (χ1n) is 6.38. The lowest BCUT2D eigenvalue weighted by Crippen LogP contribution is -2.48. The first kappa shape index (κ1) is 11.7. The molecule has 1 N–H and O–H groups in total. The maximum atomic E-state index is 12.2.